The first-order chi connectivity index (χ1) is 22.4. The molecule has 0 bridgehead atoms. The van der Waals surface area contributed by atoms with Crippen molar-refractivity contribution in [1.82, 2.24) is 0 Å². The van der Waals surface area contributed by atoms with E-state index in [1.807, 2.05) is 121 Å². The minimum Gasteiger partial charge on any atom is -0.445 e. The fraction of sp³-hybridized carbons (Fsp3) is 0.306. The second-order valence-corrected chi connectivity index (χ2v) is 13.1. The lowest BCUT2D eigenvalue weighted by molar-refractivity contribution is -0.313. The van der Waals surface area contributed by atoms with Crippen LogP contribution in [0.3, 0.4) is 0 Å². The summed E-state index contributed by atoms with van der Waals surface area (Å²) < 4.78 is 36.1. The van der Waals surface area contributed by atoms with E-state index >= 15 is 0 Å². The molecule has 0 spiro atoms. The Bertz CT molecular complexity index is 1460. The summed E-state index contributed by atoms with van der Waals surface area (Å²) in [4.78, 5) is 0. The Morgan fingerprint density at radius 2 is 0.957 bits per heavy atom. The van der Waals surface area contributed by atoms with Gasteiger partial charge in [0.2, 0.25) is 12.2 Å². The predicted octanol–water partition coefficient (Wildman–Crippen LogP) is 8.05. The first-order valence-electron chi connectivity index (χ1n) is 14.9. The van der Waals surface area contributed by atoms with E-state index in [0.717, 1.165) is 22.3 Å². The maximum atomic E-state index is 8.37. The van der Waals surface area contributed by atoms with Gasteiger partial charge in [0.1, 0.15) is 24.4 Å². The highest BCUT2D eigenvalue weighted by molar-refractivity contribution is 6.76. The van der Waals surface area contributed by atoms with Crippen molar-refractivity contribution >= 4 is 40.7 Å². The van der Waals surface area contributed by atoms with E-state index in [4.69, 9.17) is 68.6 Å². The Morgan fingerprint density at radius 1 is 0.565 bits per heavy atom. The van der Waals surface area contributed by atoms with Crippen LogP contribution in [0.2, 0.25) is 0 Å². The van der Waals surface area contributed by atoms with Crippen LogP contribution in [0.15, 0.2) is 121 Å². The standard InChI is InChI=1S/C36H36Cl3NO6/c37-36(38,39)35(40)46-34-33(44-24-29-19-11-4-12-20-29)32(43-23-28-17-9-3-10-18-28)31(42-22-27-15-7-2-8-16-27)30(45-34)25-41-21-26-13-5-1-6-14-26/h1-20,30-34,40H,21-25H2/t30-,31-,32+,33-,34?/m1/s1. The van der Waals surface area contributed by atoms with Crippen LogP contribution in [0.1, 0.15) is 22.3 Å². The molecule has 1 fully saturated rings. The molecule has 46 heavy (non-hydrogen) atoms. The molecule has 1 N–H and O–H groups in total. The van der Waals surface area contributed by atoms with E-state index in [9.17, 15) is 0 Å². The van der Waals surface area contributed by atoms with Crippen LogP contribution in [-0.2, 0) is 54.8 Å². The Kier molecular flexibility index (Phi) is 12.9. The Labute approximate surface area is 284 Å². The van der Waals surface area contributed by atoms with Gasteiger partial charge < -0.3 is 28.4 Å². The first kappa shape index (κ1) is 34.4. The van der Waals surface area contributed by atoms with Crippen molar-refractivity contribution in [3.05, 3.63) is 144 Å². The SMILES string of the molecule is N=C(OC1O[C@H](COCc2ccccc2)[C@@H](OCc2ccccc2)[C@H](OCc2ccccc2)[C@H]1OCc1ccccc1)C(Cl)(Cl)Cl. The van der Waals surface area contributed by atoms with Gasteiger partial charge in [-0.25, -0.2) is 0 Å². The van der Waals surface area contributed by atoms with Crippen molar-refractivity contribution in [2.24, 2.45) is 0 Å². The molecular weight excluding hydrogens is 649 g/mol. The second-order valence-electron chi connectivity index (χ2n) is 10.8. The van der Waals surface area contributed by atoms with Crippen LogP contribution in [0.25, 0.3) is 0 Å². The molecule has 4 aromatic carbocycles. The van der Waals surface area contributed by atoms with Crippen LogP contribution in [0.4, 0.5) is 0 Å². The zero-order chi connectivity index (χ0) is 32.2. The molecule has 5 atom stereocenters. The van der Waals surface area contributed by atoms with Crippen molar-refractivity contribution in [2.45, 2.75) is 60.9 Å². The van der Waals surface area contributed by atoms with Gasteiger partial charge in [0.25, 0.3) is 3.79 Å². The molecule has 0 amide bonds. The van der Waals surface area contributed by atoms with Crippen LogP contribution >= 0.6 is 34.8 Å². The highest BCUT2D eigenvalue weighted by atomic mass is 35.6. The second kappa shape index (κ2) is 17.3. The quantitative estimate of drug-likeness (QED) is 0.0823. The van der Waals surface area contributed by atoms with Crippen LogP contribution in [0.5, 0.6) is 0 Å². The van der Waals surface area contributed by atoms with Gasteiger partial charge in [-0.2, -0.15) is 0 Å². The maximum absolute atomic E-state index is 8.37. The van der Waals surface area contributed by atoms with Gasteiger partial charge in [0.05, 0.1) is 33.0 Å². The molecule has 0 aliphatic carbocycles. The maximum Gasteiger partial charge on any atom is 0.265 e. The number of benzene rings is 4. The third-order valence-electron chi connectivity index (χ3n) is 7.33. The summed E-state index contributed by atoms with van der Waals surface area (Å²) in [5, 5.41) is 8.37. The zero-order valence-corrected chi connectivity index (χ0v) is 27.3. The Hall–Kier alpha value is -2.98. The monoisotopic (exact) mass is 683 g/mol. The molecule has 0 radical (unpaired) electrons. The highest BCUT2D eigenvalue weighted by Crippen LogP contribution is 2.34. The van der Waals surface area contributed by atoms with E-state index in [2.05, 4.69) is 0 Å². The molecule has 1 saturated heterocycles. The summed E-state index contributed by atoms with van der Waals surface area (Å²) in [5.74, 6) is -0.606. The fourth-order valence-corrected chi connectivity index (χ4v) is 5.16. The van der Waals surface area contributed by atoms with Crippen molar-refractivity contribution in [3.63, 3.8) is 0 Å². The summed E-state index contributed by atoms with van der Waals surface area (Å²) in [5.41, 5.74) is 3.87. The largest absolute Gasteiger partial charge is 0.445 e. The minimum atomic E-state index is -2.12. The first-order valence-corrected chi connectivity index (χ1v) is 16.1. The van der Waals surface area contributed by atoms with Crippen molar-refractivity contribution < 1.29 is 28.4 Å². The fourth-order valence-electron chi connectivity index (χ4n) is 5.02. The van der Waals surface area contributed by atoms with E-state index in [1.165, 1.54) is 0 Å². The third-order valence-corrected chi connectivity index (χ3v) is 7.85. The normalized spacial score (nSPS) is 21.5. The van der Waals surface area contributed by atoms with Crippen molar-refractivity contribution in [2.75, 3.05) is 6.61 Å². The predicted molar refractivity (Wildman–Crippen MR) is 179 cm³/mol. The molecule has 0 aromatic heterocycles. The van der Waals surface area contributed by atoms with Gasteiger partial charge in [0, 0.05) is 0 Å². The highest BCUT2D eigenvalue weighted by Gasteiger charge is 2.51. The molecule has 0 saturated carbocycles. The van der Waals surface area contributed by atoms with E-state index in [-0.39, 0.29) is 26.4 Å². The van der Waals surface area contributed by atoms with Gasteiger partial charge in [-0.3, -0.25) is 5.41 Å². The van der Waals surface area contributed by atoms with E-state index in [0.29, 0.717) is 6.61 Å². The molecule has 10 heteroatoms. The number of ether oxygens (including phenoxy) is 6. The van der Waals surface area contributed by atoms with Gasteiger partial charge in [-0.15, -0.1) is 0 Å². The van der Waals surface area contributed by atoms with Crippen molar-refractivity contribution in [1.29, 1.82) is 5.41 Å². The summed E-state index contributed by atoms with van der Waals surface area (Å²) in [6.07, 6.45) is -4.17. The number of alkyl halides is 3. The summed E-state index contributed by atoms with van der Waals surface area (Å²) in [7, 11) is 0. The minimum absolute atomic E-state index is 0.131. The average Bonchev–Trinajstić information content (AvgIpc) is 3.07. The summed E-state index contributed by atoms with van der Waals surface area (Å²) in [6, 6.07) is 39.2. The lowest BCUT2D eigenvalue weighted by Gasteiger charge is -2.46. The number of hydrogen-bond acceptors (Lipinski definition) is 7. The number of nitrogens with one attached hydrogen (secondary N) is 1. The number of rotatable bonds is 14. The molecule has 1 heterocycles. The Balaban J connectivity index is 1.46. The lowest BCUT2D eigenvalue weighted by Crippen LogP contribution is -2.62. The number of hydrogen-bond donors (Lipinski definition) is 1. The van der Waals surface area contributed by atoms with Gasteiger partial charge in [-0.05, 0) is 22.3 Å². The van der Waals surface area contributed by atoms with Gasteiger partial charge in [-0.1, -0.05) is 156 Å². The molecule has 5 rings (SSSR count). The van der Waals surface area contributed by atoms with Crippen LogP contribution < -0.4 is 0 Å². The molecule has 242 valence electrons. The van der Waals surface area contributed by atoms with Gasteiger partial charge >= 0.3 is 0 Å². The third kappa shape index (κ3) is 10.3. The zero-order valence-electron chi connectivity index (χ0n) is 25.1. The van der Waals surface area contributed by atoms with Crippen molar-refractivity contribution in [3.8, 4) is 0 Å². The van der Waals surface area contributed by atoms with Crippen LogP contribution in [-0.4, -0.2) is 47.0 Å². The number of halogens is 3. The summed E-state index contributed by atoms with van der Waals surface area (Å²) in [6.45, 7) is 1.24. The average molecular weight is 685 g/mol. The molecule has 4 aromatic rings. The lowest BCUT2D eigenvalue weighted by atomic mass is 9.97. The molecule has 7 nitrogen and oxygen atoms in total. The van der Waals surface area contributed by atoms with E-state index < -0.39 is 40.4 Å². The van der Waals surface area contributed by atoms with Crippen LogP contribution in [0, 0.1) is 5.41 Å². The summed E-state index contributed by atoms with van der Waals surface area (Å²) >= 11 is 18.1. The Morgan fingerprint density at radius 3 is 1.39 bits per heavy atom. The molecule has 1 aliphatic heterocycles. The van der Waals surface area contributed by atoms with E-state index in [1.54, 1.807) is 0 Å². The molecule has 1 unspecified atom stereocenters. The van der Waals surface area contributed by atoms with Gasteiger partial charge in [0.15, 0.2) is 0 Å². The molecule has 1 aliphatic rings. The smallest absolute Gasteiger partial charge is 0.265 e. The topological polar surface area (TPSA) is 79.2 Å². The molecular formula is C36H36Cl3NO6.